The summed E-state index contributed by atoms with van der Waals surface area (Å²) in [6.07, 6.45) is 1.15. The van der Waals surface area contributed by atoms with Crippen LogP contribution in [0.3, 0.4) is 0 Å². The number of carbonyl (C=O) groups is 1. The van der Waals surface area contributed by atoms with E-state index in [9.17, 15) is 17.6 Å². The van der Waals surface area contributed by atoms with Crippen molar-refractivity contribution in [3.8, 4) is 0 Å². The van der Waals surface area contributed by atoms with Crippen LogP contribution < -0.4 is 5.32 Å². The first-order chi connectivity index (χ1) is 8.90. The zero-order valence-corrected chi connectivity index (χ0v) is 11.8. The molecule has 0 aliphatic carbocycles. The number of hydrogen-bond acceptors (Lipinski definition) is 4. The summed E-state index contributed by atoms with van der Waals surface area (Å²) in [5, 5.41) is 1.92. The maximum atomic E-state index is 13.5. The van der Waals surface area contributed by atoms with Crippen molar-refractivity contribution >= 4 is 28.4 Å². The first-order valence-electron chi connectivity index (χ1n) is 5.88. The lowest BCUT2D eigenvalue weighted by Crippen LogP contribution is -2.35. The lowest BCUT2D eigenvalue weighted by atomic mass is 10.2. The van der Waals surface area contributed by atoms with Crippen LogP contribution in [-0.2, 0) is 9.84 Å². The molecular weight excluding hydrogens is 289 g/mol. The number of hydrogen-bond donors (Lipinski definition) is 2. The summed E-state index contributed by atoms with van der Waals surface area (Å²) in [5.41, 5.74) is -0.122. The second-order valence-electron chi connectivity index (χ2n) is 4.51. The van der Waals surface area contributed by atoms with Crippen LogP contribution in [0.25, 0.3) is 0 Å². The Balaban J connectivity index is 2.04. The fraction of sp³-hybridized carbons (Fsp3) is 0.417. The van der Waals surface area contributed by atoms with Crippen molar-refractivity contribution in [1.82, 2.24) is 5.32 Å². The van der Waals surface area contributed by atoms with E-state index in [1.807, 2.05) is 0 Å². The average Bonchev–Trinajstić information content (AvgIpc) is 2.68. The number of carbonyl (C=O) groups excluding carboxylic acids is 1. The molecule has 1 N–H and O–H groups in total. The van der Waals surface area contributed by atoms with Crippen molar-refractivity contribution in [3.63, 3.8) is 0 Å². The fourth-order valence-electron chi connectivity index (χ4n) is 2.08. The highest BCUT2D eigenvalue weighted by Gasteiger charge is 2.31. The van der Waals surface area contributed by atoms with Gasteiger partial charge in [-0.2, -0.15) is 0 Å². The second-order valence-corrected chi connectivity index (χ2v) is 7.42. The number of sulfone groups is 1. The largest absolute Gasteiger partial charge is 0.351 e. The van der Waals surface area contributed by atoms with E-state index in [1.165, 1.54) is 12.1 Å². The SMILES string of the molecule is O=C(NCC1CCCS1(=O)=O)c1cc(S)ccc1F. The normalized spacial score (nSPS) is 21.3. The molecule has 104 valence electrons. The van der Waals surface area contributed by atoms with Gasteiger partial charge in [0.15, 0.2) is 9.84 Å². The third-order valence-electron chi connectivity index (χ3n) is 3.15. The predicted molar refractivity (Wildman–Crippen MR) is 72.8 cm³/mol. The van der Waals surface area contributed by atoms with E-state index in [1.54, 1.807) is 0 Å². The Kier molecular flexibility index (Phi) is 4.15. The molecular formula is C12H14FNO3S2. The Morgan fingerprint density at radius 3 is 2.84 bits per heavy atom. The molecule has 1 amide bonds. The molecule has 19 heavy (non-hydrogen) atoms. The maximum absolute atomic E-state index is 13.5. The first-order valence-corrected chi connectivity index (χ1v) is 8.05. The van der Waals surface area contributed by atoms with Gasteiger partial charge in [0.05, 0.1) is 16.6 Å². The molecule has 0 aromatic heterocycles. The van der Waals surface area contributed by atoms with E-state index in [2.05, 4.69) is 17.9 Å². The molecule has 1 aliphatic heterocycles. The smallest absolute Gasteiger partial charge is 0.254 e. The van der Waals surface area contributed by atoms with Crippen molar-refractivity contribution in [2.45, 2.75) is 23.0 Å². The highest BCUT2D eigenvalue weighted by molar-refractivity contribution is 7.92. The van der Waals surface area contributed by atoms with E-state index in [0.29, 0.717) is 17.7 Å². The minimum Gasteiger partial charge on any atom is -0.351 e. The average molecular weight is 303 g/mol. The van der Waals surface area contributed by atoms with Crippen molar-refractivity contribution < 1.29 is 17.6 Å². The molecule has 0 radical (unpaired) electrons. The standard InChI is InChI=1S/C12H14FNO3S2/c13-11-4-3-8(18)6-10(11)12(15)14-7-9-2-1-5-19(9,16)17/h3-4,6,9,18H,1-2,5,7H2,(H,14,15). The van der Waals surface area contributed by atoms with Crippen LogP contribution in [0.2, 0.25) is 0 Å². The third kappa shape index (κ3) is 3.27. The minimum atomic E-state index is -3.11. The van der Waals surface area contributed by atoms with E-state index in [-0.39, 0.29) is 17.9 Å². The van der Waals surface area contributed by atoms with Gasteiger partial charge < -0.3 is 5.32 Å². The summed E-state index contributed by atoms with van der Waals surface area (Å²) in [7, 11) is -3.11. The molecule has 1 aromatic carbocycles. The van der Waals surface area contributed by atoms with Gasteiger partial charge in [0.2, 0.25) is 0 Å². The Morgan fingerprint density at radius 2 is 2.21 bits per heavy atom. The monoisotopic (exact) mass is 303 g/mol. The summed E-state index contributed by atoms with van der Waals surface area (Å²) in [6, 6.07) is 3.91. The molecule has 1 atom stereocenters. The third-order valence-corrected chi connectivity index (χ3v) is 5.70. The van der Waals surface area contributed by atoms with Crippen LogP contribution in [0.5, 0.6) is 0 Å². The van der Waals surface area contributed by atoms with Gasteiger partial charge in [0.25, 0.3) is 5.91 Å². The lowest BCUT2D eigenvalue weighted by Gasteiger charge is -2.11. The fourth-order valence-corrected chi connectivity index (χ4v) is 4.05. The second kappa shape index (κ2) is 5.50. The minimum absolute atomic E-state index is 0.0252. The number of benzene rings is 1. The molecule has 0 bridgehead atoms. The molecule has 1 unspecified atom stereocenters. The molecule has 1 heterocycles. The molecule has 1 saturated heterocycles. The molecule has 7 heteroatoms. The van der Waals surface area contributed by atoms with Crippen molar-refractivity contribution in [2.24, 2.45) is 0 Å². The van der Waals surface area contributed by atoms with Gasteiger partial charge in [0, 0.05) is 11.4 Å². The number of thiol groups is 1. The first kappa shape index (κ1) is 14.3. The van der Waals surface area contributed by atoms with Crippen molar-refractivity contribution in [2.75, 3.05) is 12.3 Å². The van der Waals surface area contributed by atoms with Crippen molar-refractivity contribution in [3.05, 3.63) is 29.6 Å². The molecule has 1 aliphatic rings. The summed E-state index contributed by atoms with van der Waals surface area (Å²) in [4.78, 5) is 12.3. The van der Waals surface area contributed by atoms with Crippen LogP contribution in [0, 0.1) is 5.82 Å². The van der Waals surface area contributed by atoms with Gasteiger partial charge in [-0.25, -0.2) is 12.8 Å². The quantitative estimate of drug-likeness (QED) is 0.830. The topological polar surface area (TPSA) is 63.2 Å². The predicted octanol–water partition coefficient (Wildman–Crippen LogP) is 1.42. The van der Waals surface area contributed by atoms with Gasteiger partial charge in [-0.05, 0) is 31.0 Å². The van der Waals surface area contributed by atoms with E-state index < -0.39 is 26.8 Å². The zero-order chi connectivity index (χ0) is 14.0. The van der Waals surface area contributed by atoms with Crippen LogP contribution in [0.4, 0.5) is 4.39 Å². The van der Waals surface area contributed by atoms with Gasteiger partial charge in [-0.1, -0.05) is 0 Å². The van der Waals surface area contributed by atoms with Crippen LogP contribution >= 0.6 is 12.6 Å². The van der Waals surface area contributed by atoms with Crippen LogP contribution in [0.1, 0.15) is 23.2 Å². The zero-order valence-electron chi connectivity index (χ0n) is 10.1. The van der Waals surface area contributed by atoms with Crippen LogP contribution in [-0.4, -0.2) is 31.9 Å². The Labute approximate surface area is 116 Å². The Hall–Kier alpha value is -1.08. The molecule has 4 nitrogen and oxygen atoms in total. The van der Waals surface area contributed by atoms with E-state index in [4.69, 9.17) is 0 Å². The lowest BCUT2D eigenvalue weighted by molar-refractivity contribution is 0.0949. The van der Waals surface area contributed by atoms with Gasteiger partial charge in [-0.3, -0.25) is 4.79 Å². The summed E-state index contributed by atoms with van der Waals surface area (Å²) in [5.74, 6) is -1.10. The number of rotatable bonds is 3. The number of nitrogens with one attached hydrogen (secondary N) is 1. The Bertz CT molecular complexity index is 601. The number of amides is 1. The maximum Gasteiger partial charge on any atom is 0.254 e. The van der Waals surface area contributed by atoms with Gasteiger partial charge >= 0.3 is 0 Å². The summed E-state index contributed by atoms with van der Waals surface area (Å²) >= 11 is 4.04. The summed E-state index contributed by atoms with van der Waals surface area (Å²) in [6.45, 7) is 0.0252. The van der Waals surface area contributed by atoms with Gasteiger partial charge in [-0.15, -0.1) is 12.6 Å². The van der Waals surface area contributed by atoms with Crippen LogP contribution in [0.15, 0.2) is 23.1 Å². The Morgan fingerprint density at radius 1 is 1.47 bits per heavy atom. The van der Waals surface area contributed by atoms with Gasteiger partial charge in [0.1, 0.15) is 5.82 Å². The highest BCUT2D eigenvalue weighted by Crippen LogP contribution is 2.19. The van der Waals surface area contributed by atoms with E-state index >= 15 is 0 Å². The van der Waals surface area contributed by atoms with E-state index in [0.717, 1.165) is 6.07 Å². The molecule has 1 fully saturated rings. The molecule has 0 saturated carbocycles. The number of halogens is 1. The summed E-state index contributed by atoms with van der Waals surface area (Å²) < 4.78 is 36.6. The molecule has 1 aromatic rings. The van der Waals surface area contributed by atoms with Crippen molar-refractivity contribution in [1.29, 1.82) is 0 Å². The molecule has 2 rings (SSSR count). The highest BCUT2D eigenvalue weighted by atomic mass is 32.2. The molecule has 0 spiro atoms.